The zero-order valence-corrected chi connectivity index (χ0v) is 20.3. The third-order valence-electron chi connectivity index (χ3n) is 5.05. The van der Waals surface area contributed by atoms with E-state index in [-0.39, 0.29) is 27.3 Å². The molecule has 3 aromatic rings. The first kappa shape index (κ1) is 25.1. The number of benzene rings is 2. The summed E-state index contributed by atoms with van der Waals surface area (Å²) in [5.74, 6) is -0.364. The predicted octanol–water partition coefficient (Wildman–Crippen LogP) is 4.24. The summed E-state index contributed by atoms with van der Waals surface area (Å²) in [4.78, 5) is 26.6. The van der Waals surface area contributed by atoms with Gasteiger partial charge >= 0.3 is 6.61 Å². The third kappa shape index (κ3) is 5.32. The molecule has 0 aliphatic heterocycles. The molecule has 176 valence electrons. The van der Waals surface area contributed by atoms with Gasteiger partial charge in [-0.25, -0.2) is 0 Å². The van der Waals surface area contributed by atoms with Gasteiger partial charge < -0.3 is 4.74 Å². The zero-order chi connectivity index (χ0) is 25.2. The van der Waals surface area contributed by atoms with Gasteiger partial charge in [0.2, 0.25) is 0 Å². The topological polar surface area (TPSA) is 72.1 Å². The van der Waals surface area contributed by atoms with E-state index in [1.165, 1.54) is 16.7 Å². The van der Waals surface area contributed by atoms with Crippen molar-refractivity contribution in [1.82, 2.24) is 4.57 Å². The Balaban J connectivity index is 2.34. The number of thiazole rings is 1. The van der Waals surface area contributed by atoms with Gasteiger partial charge in [0.1, 0.15) is 22.1 Å². The second-order valence-corrected chi connectivity index (χ2v) is 9.89. The molecule has 0 fully saturated rings. The first-order valence-corrected chi connectivity index (χ1v) is 11.3. The second kappa shape index (κ2) is 9.74. The number of ether oxygens (including phenoxy) is 1. The Morgan fingerprint density at radius 3 is 2.32 bits per heavy atom. The Morgan fingerprint density at radius 1 is 1.15 bits per heavy atom. The smallest absolute Gasteiger partial charge is 0.387 e. The van der Waals surface area contributed by atoms with E-state index in [2.05, 4.69) is 4.74 Å². The number of alkyl halides is 2. The number of hydrogen-bond donors (Lipinski definition) is 0. The van der Waals surface area contributed by atoms with Crippen LogP contribution >= 0.6 is 11.3 Å². The van der Waals surface area contributed by atoms with E-state index < -0.39 is 12.0 Å². The maximum atomic E-state index is 13.5. The molecule has 0 atom stereocenters. The van der Waals surface area contributed by atoms with Crippen molar-refractivity contribution in [3.8, 4) is 17.5 Å². The number of aromatic nitrogens is 1. The molecule has 0 saturated heterocycles. The van der Waals surface area contributed by atoms with Crippen molar-refractivity contribution in [1.29, 1.82) is 5.26 Å². The molecule has 5 nitrogen and oxygen atoms in total. The number of carbonyl (C=O) groups is 1. The Morgan fingerprint density at radius 2 is 1.79 bits per heavy atom. The van der Waals surface area contributed by atoms with Crippen molar-refractivity contribution >= 4 is 28.8 Å². The third-order valence-corrected chi connectivity index (χ3v) is 6.15. The number of Topliss-reactive ketones (excluding diaryl/α,β-unsaturated/α-hetero) is 1. The van der Waals surface area contributed by atoms with Crippen LogP contribution in [0.4, 0.5) is 8.78 Å². The normalized spacial score (nSPS) is 13.1. The quantitative estimate of drug-likeness (QED) is 0.546. The molecule has 0 N–H and O–H groups in total. The van der Waals surface area contributed by atoms with E-state index >= 15 is 0 Å². The average Bonchev–Trinajstić information content (AvgIpc) is 3.05. The van der Waals surface area contributed by atoms with Gasteiger partial charge in [0.05, 0.1) is 10.2 Å². The van der Waals surface area contributed by atoms with Gasteiger partial charge in [-0.1, -0.05) is 50.6 Å². The molecule has 1 aromatic heterocycles. The SMILES string of the molecule is Cc1ccc(-n2c(=O)/c(=C/c3ccc(OC(F)F)cc3)s/c2=C(/C#N)C(=O)C(C)(C)C)c(C)c1. The number of halogens is 2. The van der Waals surface area contributed by atoms with E-state index in [1.807, 2.05) is 32.0 Å². The fraction of sp³-hybridized carbons (Fsp3) is 0.269. The van der Waals surface area contributed by atoms with Crippen LogP contribution in [0.25, 0.3) is 17.3 Å². The summed E-state index contributed by atoms with van der Waals surface area (Å²) < 4.78 is 31.2. The predicted molar refractivity (Wildman–Crippen MR) is 129 cm³/mol. The molecule has 1 heterocycles. The van der Waals surface area contributed by atoms with Crippen molar-refractivity contribution in [2.75, 3.05) is 0 Å². The molecule has 0 amide bonds. The van der Waals surface area contributed by atoms with Crippen molar-refractivity contribution < 1.29 is 18.3 Å². The molecule has 0 bridgehead atoms. The van der Waals surface area contributed by atoms with Crippen molar-refractivity contribution in [3.05, 3.63) is 78.7 Å². The van der Waals surface area contributed by atoms with Crippen LogP contribution in [0.1, 0.15) is 37.5 Å². The Labute approximate surface area is 199 Å². The molecular formula is C26H24F2N2O3S. The van der Waals surface area contributed by atoms with Gasteiger partial charge in [0, 0.05) is 5.41 Å². The van der Waals surface area contributed by atoms with Crippen LogP contribution in [0.3, 0.4) is 0 Å². The number of nitrogens with zero attached hydrogens (tertiary/aromatic N) is 2. The molecule has 34 heavy (non-hydrogen) atoms. The molecule has 0 aliphatic carbocycles. The molecule has 0 radical (unpaired) electrons. The molecule has 0 spiro atoms. The Kier molecular flexibility index (Phi) is 7.18. The summed E-state index contributed by atoms with van der Waals surface area (Å²) in [6.07, 6.45) is 1.60. The van der Waals surface area contributed by atoms with Crippen molar-refractivity contribution in [2.45, 2.75) is 41.2 Å². The van der Waals surface area contributed by atoms with Gasteiger partial charge in [-0.2, -0.15) is 14.0 Å². The summed E-state index contributed by atoms with van der Waals surface area (Å²) in [6.45, 7) is 6.02. The molecule has 0 saturated carbocycles. The van der Waals surface area contributed by atoms with Crippen molar-refractivity contribution in [3.63, 3.8) is 0 Å². The lowest BCUT2D eigenvalue weighted by molar-refractivity contribution is -0.120. The van der Waals surface area contributed by atoms with Crippen LogP contribution < -0.4 is 19.5 Å². The molecule has 8 heteroatoms. The summed E-state index contributed by atoms with van der Waals surface area (Å²) in [6, 6.07) is 13.4. The van der Waals surface area contributed by atoms with Gasteiger partial charge in [0.25, 0.3) is 5.56 Å². The minimum atomic E-state index is -2.93. The maximum Gasteiger partial charge on any atom is 0.387 e. The number of rotatable bonds is 5. The lowest BCUT2D eigenvalue weighted by Crippen LogP contribution is -2.33. The molecule has 0 unspecified atom stereocenters. The number of hydrogen-bond acceptors (Lipinski definition) is 5. The number of ketones is 1. The maximum absolute atomic E-state index is 13.5. The van der Waals surface area contributed by atoms with Crippen LogP contribution in [-0.2, 0) is 4.79 Å². The lowest BCUT2D eigenvalue weighted by atomic mass is 9.87. The summed E-state index contributed by atoms with van der Waals surface area (Å²) in [5, 5.41) is 9.89. The molecule has 0 aliphatic rings. The van der Waals surface area contributed by atoms with Crippen LogP contribution in [0.5, 0.6) is 5.75 Å². The Bertz CT molecular complexity index is 1450. The highest BCUT2D eigenvalue weighted by Gasteiger charge is 2.27. The summed E-state index contributed by atoms with van der Waals surface area (Å²) in [7, 11) is 0. The molecule has 3 rings (SSSR count). The van der Waals surface area contributed by atoms with Gasteiger partial charge in [-0.15, -0.1) is 11.3 Å². The fourth-order valence-electron chi connectivity index (χ4n) is 3.39. The van der Waals surface area contributed by atoms with Gasteiger partial charge in [0.15, 0.2) is 5.78 Å². The van der Waals surface area contributed by atoms with E-state index in [0.29, 0.717) is 15.8 Å². The first-order chi connectivity index (χ1) is 15.9. The highest BCUT2D eigenvalue weighted by molar-refractivity contribution is 7.07. The number of aryl methyl sites for hydroxylation is 2. The minimum absolute atomic E-state index is 0.00239. The van der Waals surface area contributed by atoms with Crippen LogP contribution in [0.15, 0.2) is 47.3 Å². The molecular weight excluding hydrogens is 458 g/mol. The van der Waals surface area contributed by atoms with Gasteiger partial charge in [-0.05, 0) is 49.2 Å². The zero-order valence-electron chi connectivity index (χ0n) is 19.5. The average molecular weight is 483 g/mol. The first-order valence-electron chi connectivity index (χ1n) is 10.5. The molecule has 2 aromatic carbocycles. The van der Waals surface area contributed by atoms with Gasteiger partial charge in [-0.3, -0.25) is 14.2 Å². The van der Waals surface area contributed by atoms with E-state index in [9.17, 15) is 23.6 Å². The second-order valence-electron chi connectivity index (χ2n) is 8.86. The lowest BCUT2D eigenvalue weighted by Gasteiger charge is -2.15. The van der Waals surface area contributed by atoms with Crippen LogP contribution in [-0.4, -0.2) is 17.0 Å². The fourth-order valence-corrected chi connectivity index (χ4v) is 4.49. The summed E-state index contributed by atoms with van der Waals surface area (Å²) in [5.41, 5.74) is 1.71. The number of nitriles is 1. The highest BCUT2D eigenvalue weighted by atomic mass is 32.1. The van der Waals surface area contributed by atoms with Crippen molar-refractivity contribution in [2.24, 2.45) is 5.41 Å². The highest BCUT2D eigenvalue weighted by Crippen LogP contribution is 2.21. The van der Waals surface area contributed by atoms with E-state index in [4.69, 9.17) is 0 Å². The number of carbonyl (C=O) groups excluding carboxylic acids is 1. The monoisotopic (exact) mass is 482 g/mol. The van der Waals surface area contributed by atoms with E-state index in [0.717, 1.165) is 22.5 Å². The van der Waals surface area contributed by atoms with Crippen LogP contribution in [0, 0.1) is 30.6 Å². The van der Waals surface area contributed by atoms with Crippen LogP contribution in [0.2, 0.25) is 0 Å². The Hall–Kier alpha value is -3.57. The standard InChI is InChI=1S/C26H24F2N2O3S/c1-15-6-11-20(16(2)12-15)30-23(32)21(13-17-7-9-18(10-8-17)33-25(27)28)34-24(30)19(14-29)22(31)26(3,4)5/h6-13,25H,1-5H3/b21-13-,24-19-. The summed E-state index contributed by atoms with van der Waals surface area (Å²) >= 11 is 1.04. The largest absolute Gasteiger partial charge is 0.435 e. The van der Waals surface area contributed by atoms with E-state index in [1.54, 1.807) is 45.0 Å². The minimum Gasteiger partial charge on any atom is -0.435 e.